The molecule has 1 unspecified atom stereocenters. The molecule has 1 saturated heterocycles. The summed E-state index contributed by atoms with van der Waals surface area (Å²) in [4.78, 5) is 2.48. The summed E-state index contributed by atoms with van der Waals surface area (Å²) in [6.07, 6.45) is 7.92. The predicted octanol–water partition coefficient (Wildman–Crippen LogP) is 0.957. The molecule has 4 heteroatoms. The number of likely N-dealkylation sites (N-methyl/N-ethyl adjacent to an activating group) is 1. The van der Waals surface area contributed by atoms with Crippen LogP contribution < -0.4 is 5.32 Å². The minimum absolute atomic E-state index is 0.728. The molecule has 1 aliphatic heterocycles. The molecule has 1 aromatic rings. The normalized spacial score (nSPS) is 22.4. The molecule has 1 aliphatic rings. The minimum Gasteiger partial charge on any atom is -0.313 e. The van der Waals surface area contributed by atoms with Crippen LogP contribution in [0.3, 0.4) is 0 Å². The molecule has 1 atom stereocenters. The number of piperidine rings is 1. The Kier molecular flexibility index (Phi) is 4.36. The van der Waals surface area contributed by atoms with Crippen LogP contribution in [0.5, 0.6) is 0 Å². The highest BCUT2D eigenvalue weighted by atomic mass is 15.3. The number of rotatable bonds is 5. The van der Waals surface area contributed by atoms with E-state index in [0.29, 0.717) is 0 Å². The van der Waals surface area contributed by atoms with Crippen molar-refractivity contribution in [1.29, 1.82) is 0 Å². The standard InChI is InChI=1S/C12H22N4/c1-15-8-3-2-5-12(15)11-13-7-10-16-9-4-6-14-16/h4,6,9,12-13H,2-3,5,7-8,10-11H2,1H3. The van der Waals surface area contributed by atoms with Gasteiger partial charge >= 0.3 is 0 Å². The van der Waals surface area contributed by atoms with E-state index in [9.17, 15) is 0 Å². The third-order valence-corrected chi connectivity index (χ3v) is 3.38. The summed E-state index contributed by atoms with van der Waals surface area (Å²) in [5.41, 5.74) is 0. The van der Waals surface area contributed by atoms with Gasteiger partial charge in [-0.3, -0.25) is 4.68 Å². The first-order valence-electron chi connectivity index (χ1n) is 6.24. The first-order chi connectivity index (χ1) is 7.86. The molecular weight excluding hydrogens is 200 g/mol. The zero-order valence-corrected chi connectivity index (χ0v) is 10.1. The summed E-state index contributed by atoms with van der Waals surface area (Å²) >= 11 is 0. The quantitative estimate of drug-likeness (QED) is 0.753. The smallest absolute Gasteiger partial charge is 0.0533 e. The van der Waals surface area contributed by atoms with Gasteiger partial charge in [0.05, 0.1) is 6.54 Å². The maximum Gasteiger partial charge on any atom is 0.0533 e. The summed E-state index contributed by atoms with van der Waals surface area (Å²) in [7, 11) is 2.24. The van der Waals surface area contributed by atoms with Crippen LogP contribution >= 0.6 is 0 Å². The molecule has 4 nitrogen and oxygen atoms in total. The Morgan fingerprint density at radius 1 is 1.44 bits per heavy atom. The van der Waals surface area contributed by atoms with E-state index in [2.05, 4.69) is 22.4 Å². The Morgan fingerprint density at radius 3 is 3.12 bits per heavy atom. The maximum absolute atomic E-state index is 4.18. The lowest BCUT2D eigenvalue weighted by Gasteiger charge is -2.32. The van der Waals surface area contributed by atoms with Gasteiger partial charge in [0.2, 0.25) is 0 Å². The molecular formula is C12H22N4. The number of likely N-dealkylation sites (tertiary alicyclic amines) is 1. The largest absolute Gasteiger partial charge is 0.313 e. The van der Waals surface area contributed by atoms with Crippen molar-refractivity contribution < 1.29 is 0 Å². The van der Waals surface area contributed by atoms with Crippen LogP contribution in [0, 0.1) is 0 Å². The zero-order valence-electron chi connectivity index (χ0n) is 10.1. The topological polar surface area (TPSA) is 33.1 Å². The van der Waals surface area contributed by atoms with Crippen molar-refractivity contribution in [3.63, 3.8) is 0 Å². The monoisotopic (exact) mass is 222 g/mol. The highest BCUT2D eigenvalue weighted by Gasteiger charge is 2.17. The Bertz CT molecular complexity index is 283. The fourth-order valence-electron chi connectivity index (χ4n) is 2.30. The Hall–Kier alpha value is -0.870. The van der Waals surface area contributed by atoms with Crippen molar-refractivity contribution in [2.75, 3.05) is 26.7 Å². The van der Waals surface area contributed by atoms with Crippen molar-refractivity contribution in [3.05, 3.63) is 18.5 Å². The van der Waals surface area contributed by atoms with Gasteiger partial charge in [-0.15, -0.1) is 0 Å². The van der Waals surface area contributed by atoms with E-state index in [1.165, 1.54) is 25.8 Å². The van der Waals surface area contributed by atoms with E-state index in [4.69, 9.17) is 0 Å². The van der Waals surface area contributed by atoms with E-state index in [0.717, 1.165) is 25.7 Å². The molecule has 1 N–H and O–H groups in total. The van der Waals surface area contributed by atoms with Gasteiger partial charge in [-0.05, 0) is 32.5 Å². The fraction of sp³-hybridized carbons (Fsp3) is 0.750. The Balaban J connectivity index is 1.60. The van der Waals surface area contributed by atoms with E-state index in [1.807, 2.05) is 23.1 Å². The highest BCUT2D eigenvalue weighted by molar-refractivity contribution is 4.78. The SMILES string of the molecule is CN1CCCCC1CNCCn1cccn1. The minimum atomic E-state index is 0.728. The third kappa shape index (κ3) is 3.32. The summed E-state index contributed by atoms with van der Waals surface area (Å²) in [5.74, 6) is 0. The molecule has 0 aromatic carbocycles. The van der Waals surface area contributed by atoms with Crippen LogP contribution in [0.2, 0.25) is 0 Å². The second kappa shape index (κ2) is 6.01. The lowest BCUT2D eigenvalue weighted by molar-refractivity contribution is 0.181. The molecule has 0 aliphatic carbocycles. The van der Waals surface area contributed by atoms with Crippen LogP contribution in [0.1, 0.15) is 19.3 Å². The molecule has 2 rings (SSSR count). The van der Waals surface area contributed by atoms with Crippen LogP contribution in [0.4, 0.5) is 0 Å². The number of nitrogens with one attached hydrogen (secondary N) is 1. The second-order valence-corrected chi connectivity index (χ2v) is 4.60. The summed E-state index contributed by atoms with van der Waals surface area (Å²) < 4.78 is 1.97. The van der Waals surface area contributed by atoms with Gasteiger partial charge in [0.1, 0.15) is 0 Å². The van der Waals surface area contributed by atoms with E-state index >= 15 is 0 Å². The molecule has 0 saturated carbocycles. The molecule has 1 fully saturated rings. The molecule has 90 valence electrons. The average Bonchev–Trinajstić information content (AvgIpc) is 2.79. The second-order valence-electron chi connectivity index (χ2n) is 4.60. The van der Waals surface area contributed by atoms with Crippen LogP contribution in [0.15, 0.2) is 18.5 Å². The average molecular weight is 222 g/mol. The number of hydrogen-bond donors (Lipinski definition) is 1. The van der Waals surface area contributed by atoms with E-state index in [1.54, 1.807) is 0 Å². The van der Waals surface area contributed by atoms with Crippen LogP contribution in [-0.2, 0) is 6.54 Å². The van der Waals surface area contributed by atoms with E-state index < -0.39 is 0 Å². The summed E-state index contributed by atoms with van der Waals surface area (Å²) in [6, 6.07) is 2.70. The van der Waals surface area contributed by atoms with Gasteiger partial charge in [-0.25, -0.2) is 0 Å². The molecule has 0 amide bonds. The summed E-state index contributed by atoms with van der Waals surface area (Å²) in [5, 5.41) is 7.70. The van der Waals surface area contributed by atoms with Gasteiger partial charge in [0.15, 0.2) is 0 Å². The van der Waals surface area contributed by atoms with Crippen LogP contribution in [-0.4, -0.2) is 47.4 Å². The van der Waals surface area contributed by atoms with Crippen molar-refractivity contribution in [3.8, 4) is 0 Å². The predicted molar refractivity (Wildman–Crippen MR) is 65.4 cm³/mol. The van der Waals surface area contributed by atoms with Gasteiger partial charge in [-0.2, -0.15) is 5.10 Å². The number of nitrogens with zero attached hydrogens (tertiary/aromatic N) is 3. The third-order valence-electron chi connectivity index (χ3n) is 3.38. The van der Waals surface area contributed by atoms with Crippen molar-refractivity contribution in [2.45, 2.75) is 31.8 Å². The van der Waals surface area contributed by atoms with E-state index in [-0.39, 0.29) is 0 Å². The molecule has 2 heterocycles. The van der Waals surface area contributed by atoms with Crippen molar-refractivity contribution in [1.82, 2.24) is 20.0 Å². The van der Waals surface area contributed by atoms with Gasteiger partial charge in [0, 0.05) is 31.5 Å². The Labute approximate surface area is 97.6 Å². The molecule has 16 heavy (non-hydrogen) atoms. The van der Waals surface area contributed by atoms with Gasteiger partial charge < -0.3 is 10.2 Å². The first-order valence-corrected chi connectivity index (χ1v) is 6.24. The molecule has 1 aromatic heterocycles. The molecule has 0 radical (unpaired) electrons. The first kappa shape index (κ1) is 11.6. The zero-order chi connectivity index (χ0) is 11.2. The molecule has 0 bridgehead atoms. The maximum atomic E-state index is 4.18. The lowest BCUT2D eigenvalue weighted by atomic mass is 10.0. The van der Waals surface area contributed by atoms with Crippen LogP contribution in [0.25, 0.3) is 0 Å². The van der Waals surface area contributed by atoms with Crippen molar-refractivity contribution >= 4 is 0 Å². The Morgan fingerprint density at radius 2 is 2.38 bits per heavy atom. The number of hydrogen-bond acceptors (Lipinski definition) is 3. The fourth-order valence-corrected chi connectivity index (χ4v) is 2.30. The lowest BCUT2D eigenvalue weighted by Crippen LogP contribution is -2.43. The van der Waals surface area contributed by atoms with Gasteiger partial charge in [0.25, 0.3) is 0 Å². The highest BCUT2D eigenvalue weighted by Crippen LogP contribution is 2.13. The van der Waals surface area contributed by atoms with Crippen molar-refractivity contribution in [2.24, 2.45) is 0 Å². The molecule has 0 spiro atoms. The number of aromatic nitrogens is 2. The van der Waals surface area contributed by atoms with Gasteiger partial charge in [-0.1, -0.05) is 6.42 Å². The summed E-state index contributed by atoms with van der Waals surface area (Å²) in [6.45, 7) is 4.33.